The van der Waals surface area contributed by atoms with Crippen LogP contribution in [0.25, 0.3) is 10.8 Å². The van der Waals surface area contributed by atoms with Gasteiger partial charge in [-0.2, -0.15) is 0 Å². The van der Waals surface area contributed by atoms with Crippen molar-refractivity contribution in [1.29, 1.82) is 0 Å². The Morgan fingerprint density at radius 2 is 1.67 bits per heavy atom. The Balaban J connectivity index is 2.32. The van der Waals surface area contributed by atoms with Gasteiger partial charge in [-0.25, -0.2) is 0 Å². The zero-order chi connectivity index (χ0) is 13.0. The average Bonchev–Trinajstić information content (AvgIpc) is 2.39. The molecule has 1 heteroatoms. The second-order valence-corrected chi connectivity index (χ2v) is 5.38. The molecule has 0 aliphatic carbocycles. The Hall–Kier alpha value is -1.34. The van der Waals surface area contributed by atoms with Crippen LogP contribution in [0.2, 0.25) is 0 Å². The van der Waals surface area contributed by atoms with E-state index in [9.17, 15) is 0 Å². The summed E-state index contributed by atoms with van der Waals surface area (Å²) in [5.41, 5.74) is 1.43. The number of rotatable bonds is 5. The van der Waals surface area contributed by atoms with Crippen LogP contribution in [0.15, 0.2) is 42.5 Å². The first kappa shape index (κ1) is 13.1. The van der Waals surface area contributed by atoms with E-state index < -0.39 is 0 Å². The lowest BCUT2D eigenvalue weighted by Gasteiger charge is -2.19. The number of hydrogen-bond donors (Lipinski definition) is 1. The molecule has 1 nitrogen and oxygen atoms in total. The van der Waals surface area contributed by atoms with E-state index >= 15 is 0 Å². The van der Waals surface area contributed by atoms with Crippen LogP contribution in [0.4, 0.5) is 0 Å². The molecule has 1 atom stereocenters. The quantitative estimate of drug-likeness (QED) is 0.810. The van der Waals surface area contributed by atoms with Gasteiger partial charge in [-0.3, -0.25) is 0 Å². The molecule has 0 saturated carbocycles. The van der Waals surface area contributed by atoms with E-state index in [1.807, 2.05) is 0 Å². The highest BCUT2D eigenvalue weighted by molar-refractivity contribution is 5.86. The minimum atomic E-state index is 0.457. The molecule has 0 aromatic heterocycles. The van der Waals surface area contributed by atoms with Gasteiger partial charge in [0.15, 0.2) is 0 Å². The monoisotopic (exact) mass is 241 g/mol. The molecule has 0 radical (unpaired) electrons. The molecule has 1 unspecified atom stereocenters. The Kier molecular flexibility index (Phi) is 4.38. The van der Waals surface area contributed by atoms with Crippen molar-refractivity contribution in [3.8, 4) is 0 Å². The Labute approximate surface area is 110 Å². The van der Waals surface area contributed by atoms with Crippen molar-refractivity contribution in [3.63, 3.8) is 0 Å². The third-order valence-electron chi connectivity index (χ3n) is 3.58. The summed E-state index contributed by atoms with van der Waals surface area (Å²) in [6.45, 7) is 4.58. The van der Waals surface area contributed by atoms with Crippen LogP contribution in [0.3, 0.4) is 0 Å². The second-order valence-electron chi connectivity index (χ2n) is 5.38. The van der Waals surface area contributed by atoms with Gasteiger partial charge < -0.3 is 5.32 Å². The smallest absolute Gasteiger partial charge is 0.0323 e. The standard InChI is InChI=1S/C17H23N/c1-13(2)11-12-17(18-3)16-10-6-8-14-7-4-5-9-15(14)16/h4-10,13,17-18H,11-12H2,1-3H3. The van der Waals surface area contributed by atoms with Crippen molar-refractivity contribution in [2.75, 3.05) is 7.05 Å². The zero-order valence-corrected chi connectivity index (χ0v) is 11.6. The molecule has 1 N–H and O–H groups in total. The largest absolute Gasteiger partial charge is 0.313 e. The van der Waals surface area contributed by atoms with Gasteiger partial charge in [0.25, 0.3) is 0 Å². The fraction of sp³-hybridized carbons (Fsp3) is 0.412. The fourth-order valence-electron chi connectivity index (χ4n) is 2.51. The van der Waals surface area contributed by atoms with E-state index in [-0.39, 0.29) is 0 Å². The lowest BCUT2D eigenvalue weighted by atomic mass is 9.93. The van der Waals surface area contributed by atoms with Gasteiger partial charge in [0.05, 0.1) is 0 Å². The molecule has 0 aliphatic rings. The summed E-state index contributed by atoms with van der Waals surface area (Å²) in [7, 11) is 2.06. The third-order valence-corrected chi connectivity index (χ3v) is 3.58. The van der Waals surface area contributed by atoms with Crippen LogP contribution in [-0.4, -0.2) is 7.05 Å². The molecule has 0 amide bonds. The zero-order valence-electron chi connectivity index (χ0n) is 11.6. The van der Waals surface area contributed by atoms with E-state index in [0.29, 0.717) is 6.04 Å². The van der Waals surface area contributed by atoms with Crippen LogP contribution < -0.4 is 5.32 Å². The molecule has 0 fully saturated rings. The van der Waals surface area contributed by atoms with Gasteiger partial charge in [0, 0.05) is 6.04 Å². The molecule has 0 saturated heterocycles. The van der Waals surface area contributed by atoms with Crippen molar-refractivity contribution in [2.24, 2.45) is 5.92 Å². The van der Waals surface area contributed by atoms with Crippen molar-refractivity contribution in [2.45, 2.75) is 32.7 Å². The normalized spacial score (nSPS) is 13.1. The molecule has 2 rings (SSSR count). The average molecular weight is 241 g/mol. The molecule has 2 aromatic carbocycles. The summed E-state index contributed by atoms with van der Waals surface area (Å²) in [5, 5.41) is 6.18. The first-order valence-electron chi connectivity index (χ1n) is 6.87. The number of nitrogens with one attached hydrogen (secondary N) is 1. The van der Waals surface area contributed by atoms with Gasteiger partial charge in [0.1, 0.15) is 0 Å². The SMILES string of the molecule is CNC(CCC(C)C)c1cccc2ccccc12. The van der Waals surface area contributed by atoms with Gasteiger partial charge in [-0.15, -0.1) is 0 Å². The Morgan fingerprint density at radius 3 is 2.39 bits per heavy atom. The number of fused-ring (bicyclic) bond motifs is 1. The Bertz CT molecular complexity index is 496. The summed E-state index contributed by atoms with van der Waals surface area (Å²) < 4.78 is 0. The van der Waals surface area contributed by atoms with Crippen LogP contribution in [0.1, 0.15) is 38.3 Å². The first-order chi connectivity index (χ1) is 8.72. The lowest BCUT2D eigenvalue weighted by molar-refractivity contribution is 0.467. The third kappa shape index (κ3) is 2.91. The highest BCUT2D eigenvalue weighted by atomic mass is 14.9. The van der Waals surface area contributed by atoms with Crippen molar-refractivity contribution < 1.29 is 0 Å². The predicted molar refractivity (Wildman–Crippen MR) is 79.8 cm³/mol. The molecule has 2 aromatic rings. The lowest BCUT2D eigenvalue weighted by Crippen LogP contribution is -2.17. The maximum Gasteiger partial charge on any atom is 0.0323 e. The molecule has 96 valence electrons. The van der Waals surface area contributed by atoms with Crippen molar-refractivity contribution in [1.82, 2.24) is 5.32 Å². The highest BCUT2D eigenvalue weighted by Crippen LogP contribution is 2.27. The fourth-order valence-corrected chi connectivity index (χ4v) is 2.51. The molecular weight excluding hydrogens is 218 g/mol. The summed E-state index contributed by atoms with van der Waals surface area (Å²) >= 11 is 0. The van der Waals surface area contributed by atoms with E-state index in [2.05, 4.69) is 68.7 Å². The van der Waals surface area contributed by atoms with E-state index in [4.69, 9.17) is 0 Å². The molecule has 0 aliphatic heterocycles. The van der Waals surface area contributed by atoms with Crippen LogP contribution in [-0.2, 0) is 0 Å². The van der Waals surface area contributed by atoms with Crippen molar-refractivity contribution >= 4 is 10.8 Å². The summed E-state index contributed by atoms with van der Waals surface area (Å²) in [6, 6.07) is 15.7. The molecule has 0 bridgehead atoms. The highest BCUT2D eigenvalue weighted by Gasteiger charge is 2.12. The van der Waals surface area contributed by atoms with Gasteiger partial charge in [-0.1, -0.05) is 56.3 Å². The van der Waals surface area contributed by atoms with E-state index in [1.165, 1.54) is 29.2 Å². The molecule has 0 spiro atoms. The minimum Gasteiger partial charge on any atom is -0.313 e. The van der Waals surface area contributed by atoms with Gasteiger partial charge in [0.2, 0.25) is 0 Å². The van der Waals surface area contributed by atoms with Gasteiger partial charge in [-0.05, 0) is 42.1 Å². The molecule has 0 heterocycles. The van der Waals surface area contributed by atoms with Crippen LogP contribution in [0.5, 0.6) is 0 Å². The predicted octanol–water partition coefficient (Wildman–Crippen LogP) is 4.54. The van der Waals surface area contributed by atoms with Gasteiger partial charge >= 0.3 is 0 Å². The second kappa shape index (κ2) is 6.01. The van der Waals surface area contributed by atoms with E-state index in [0.717, 1.165) is 5.92 Å². The summed E-state index contributed by atoms with van der Waals surface area (Å²) in [5.74, 6) is 0.760. The first-order valence-corrected chi connectivity index (χ1v) is 6.87. The summed E-state index contributed by atoms with van der Waals surface area (Å²) in [6.07, 6.45) is 2.46. The molecular formula is C17H23N. The Morgan fingerprint density at radius 1 is 0.944 bits per heavy atom. The van der Waals surface area contributed by atoms with E-state index in [1.54, 1.807) is 0 Å². The topological polar surface area (TPSA) is 12.0 Å². The number of benzene rings is 2. The maximum atomic E-state index is 3.47. The van der Waals surface area contributed by atoms with Crippen LogP contribution >= 0.6 is 0 Å². The minimum absolute atomic E-state index is 0.457. The summed E-state index contributed by atoms with van der Waals surface area (Å²) in [4.78, 5) is 0. The molecule has 18 heavy (non-hydrogen) atoms. The number of hydrogen-bond acceptors (Lipinski definition) is 1. The van der Waals surface area contributed by atoms with Crippen LogP contribution in [0, 0.1) is 5.92 Å². The van der Waals surface area contributed by atoms with Crippen molar-refractivity contribution in [3.05, 3.63) is 48.0 Å². The maximum absolute atomic E-state index is 3.47.